The summed E-state index contributed by atoms with van der Waals surface area (Å²) in [6.07, 6.45) is 0. The first kappa shape index (κ1) is 12.8. The second kappa shape index (κ2) is 4.38. The van der Waals surface area contributed by atoms with Crippen LogP contribution >= 0.6 is 0 Å². The Morgan fingerprint density at radius 2 is 1.43 bits per heavy atom. The van der Waals surface area contributed by atoms with E-state index < -0.39 is 7.12 Å². The van der Waals surface area contributed by atoms with Crippen molar-refractivity contribution in [2.75, 3.05) is 0 Å². The van der Waals surface area contributed by atoms with Gasteiger partial charge >= 0.3 is 7.12 Å². The van der Waals surface area contributed by atoms with Crippen molar-refractivity contribution in [2.24, 2.45) is 0 Å². The van der Waals surface area contributed by atoms with E-state index in [1.165, 1.54) is 0 Å². The van der Waals surface area contributed by atoms with Gasteiger partial charge < -0.3 is 18.9 Å². The molecular formula is C18H11BO4. The molecule has 0 fully saturated rings. The van der Waals surface area contributed by atoms with Crippen LogP contribution in [0, 0.1) is 0 Å². The van der Waals surface area contributed by atoms with Crippen molar-refractivity contribution in [3.05, 3.63) is 54.6 Å². The average Bonchev–Trinajstić information content (AvgIpc) is 3.11. The standard InChI is InChI=1S/C18H11BO4/c20-19(21)13-6-3-5-12-16-15(23-17(12)13)9-8-11-10-4-1-2-7-14(10)22-18(11)16/h1-9,20-21H. The molecule has 0 aliphatic rings. The molecule has 2 heterocycles. The lowest BCUT2D eigenvalue weighted by molar-refractivity contribution is 0.425. The Bertz CT molecular complexity index is 1200. The summed E-state index contributed by atoms with van der Waals surface area (Å²) in [4.78, 5) is 0. The highest BCUT2D eigenvalue weighted by Gasteiger charge is 2.21. The second-order valence-electron chi connectivity index (χ2n) is 5.61. The van der Waals surface area contributed by atoms with Gasteiger partial charge in [0.1, 0.15) is 22.3 Å². The van der Waals surface area contributed by atoms with Gasteiger partial charge in [0.2, 0.25) is 0 Å². The number of furan rings is 2. The van der Waals surface area contributed by atoms with Gasteiger partial charge in [-0.3, -0.25) is 0 Å². The molecular weight excluding hydrogens is 291 g/mol. The molecule has 0 saturated carbocycles. The molecule has 0 spiro atoms. The second-order valence-corrected chi connectivity index (χ2v) is 5.61. The summed E-state index contributed by atoms with van der Waals surface area (Å²) >= 11 is 0. The normalized spacial score (nSPS) is 11.9. The smallest absolute Gasteiger partial charge is 0.456 e. The minimum absolute atomic E-state index is 0.350. The van der Waals surface area contributed by atoms with E-state index in [1.54, 1.807) is 12.1 Å². The molecule has 0 amide bonds. The highest BCUT2D eigenvalue weighted by molar-refractivity contribution is 6.62. The van der Waals surface area contributed by atoms with E-state index in [2.05, 4.69) is 0 Å². The Kier molecular flexibility index (Phi) is 2.43. The van der Waals surface area contributed by atoms with Crippen molar-refractivity contribution in [1.29, 1.82) is 0 Å². The number of para-hydroxylation sites is 2. The van der Waals surface area contributed by atoms with E-state index in [0.29, 0.717) is 16.6 Å². The maximum atomic E-state index is 9.55. The Labute approximate surface area is 130 Å². The third-order valence-electron chi connectivity index (χ3n) is 4.31. The molecule has 5 aromatic rings. The van der Waals surface area contributed by atoms with Gasteiger partial charge in [-0.15, -0.1) is 0 Å². The first-order valence-electron chi connectivity index (χ1n) is 7.35. The molecule has 5 rings (SSSR count). The Balaban J connectivity index is 2.04. The maximum absolute atomic E-state index is 9.55. The van der Waals surface area contributed by atoms with E-state index >= 15 is 0 Å². The first-order chi connectivity index (χ1) is 11.2. The zero-order valence-corrected chi connectivity index (χ0v) is 12.0. The topological polar surface area (TPSA) is 66.7 Å². The highest BCUT2D eigenvalue weighted by Crippen LogP contribution is 2.38. The van der Waals surface area contributed by atoms with Crippen LogP contribution in [0.4, 0.5) is 0 Å². The van der Waals surface area contributed by atoms with E-state index in [-0.39, 0.29) is 0 Å². The highest BCUT2D eigenvalue weighted by atomic mass is 16.4. The lowest BCUT2D eigenvalue weighted by Gasteiger charge is -1.98. The van der Waals surface area contributed by atoms with Crippen LogP contribution < -0.4 is 5.46 Å². The molecule has 2 N–H and O–H groups in total. The van der Waals surface area contributed by atoms with Gasteiger partial charge in [-0.05, 0) is 18.2 Å². The summed E-state index contributed by atoms with van der Waals surface area (Å²) in [5, 5.41) is 22.8. The van der Waals surface area contributed by atoms with Crippen molar-refractivity contribution in [2.45, 2.75) is 0 Å². The molecule has 4 nitrogen and oxygen atoms in total. The Morgan fingerprint density at radius 1 is 0.652 bits per heavy atom. The van der Waals surface area contributed by atoms with E-state index in [0.717, 1.165) is 32.7 Å². The van der Waals surface area contributed by atoms with Crippen LogP contribution in [0.3, 0.4) is 0 Å². The SMILES string of the molecule is OB(O)c1cccc2c1oc1ccc3c4ccccc4oc3c12. The van der Waals surface area contributed by atoms with Crippen LogP contribution in [0.1, 0.15) is 0 Å². The van der Waals surface area contributed by atoms with Gasteiger partial charge in [-0.1, -0.05) is 36.4 Å². The van der Waals surface area contributed by atoms with Crippen LogP contribution in [0.5, 0.6) is 0 Å². The zero-order valence-electron chi connectivity index (χ0n) is 12.0. The van der Waals surface area contributed by atoms with Gasteiger partial charge in [0.15, 0.2) is 0 Å². The molecule has 0 saturated heterocycles. The van der Waals surface area contributed by atoms with E-state index in [9.17, 15) is 10.0 Å². The van der Waals surface area contributed by atoms with Crippen LogP contribution in [-0.4, -0.2) is 17.2 Å². The summed E-state index contributed by atoms with van der Waals surface area (Å²) in [6.45, 7) is 0. The van der Waals surface area contributed by atoms with Gasteiger partial charge in [-0.25, -0.2) is 0 Å². The quantitative estimate of drug-likeness (QED) is 0.467. The summed E-state index contributed by atoms with van der Waals surface area (Å²) in [5.74, 6) is 0. The molecule has 2 aromatic heterocycles. The Morgan fingerprint density at radius 3 is 2.30 bits per heavy atom. The van der Waals surface area contributed by atoms with Crippen LogP contribution in [0.2, 0.25) is 0 Å². The van der Waals surface area contributed by atoms with Gasteiger partial charge in [-0.2, -0.15) is 0 Å². The van der Waals surface area contributed by atoms with Gasteiger partial charge in [0.05, 0.1) is 5.39 Å². The Hall–Kier alpha value is -2.76. The minimum atomic E-state index is -1.58. The van der Waals surface area contributed by atoms with Crippen molar-refractivity contribution >= 4 is 56.5 Å². The molecule has 3 aromatic carbocycles. The van der Waals surface area contributed by atoms with Crippen LogP contribution in [0.15, 0.2) is 63.4 Å². The molecule has 0 aliphatic carbocycles. The van der Waals surface area contributed by atoms with Crippen molar-refractivity contribution in [3.63, 3.8) is 0 Å². The largest absolute Gasteiger partial charge is 0.492 e. The molecule has 110 valence electrons. The molecule has 5 heteroatoms. The molecule has 0 bridgehead atoms. The summed E-state index contributed by atoms with van der Waals surface area (Å²) in [6, 6.07) is 17.1. The average molecular weight is 302 g/mol. The number of benzene rings is 3. The molecule has 0 radical (unpaired) electrons. The van der Waals surface area contributed by atoms with E-state index in [4.69, 9.17) is 8.83 Å². The number of rotatable bonds is 1. The molecule has 0 atom stereocenters. The molecule has 0 aliphatic heterocycles. The van der Waals surface area contributed by atoms with Crippen molar-refractivity contribution in [1.82, 2.24) is 0 Å². The number of hydrogen-bond acceptors (Lipinski definition) is 4. The molecule has 0 unspecified atom stereocenters. The summed E-state index contributed by atoms with van der Waals surface area (Å²) < 4.78 is 11.9. The monoisotopic (exact) mass is 302 g/mol. The predicted molar refractivity (Wildman–Crippen MR) is 90.8 cm³/mol. The van der Waals surface area contributed by atoms with Crippen LogP contribution in [0.25, 0.3) is 43.9 Å². The fourth-order valence-electron chi connectivity index (χ4n) is 3.29. The van der Waals surface area contributed by atoms with Crippen molar-refractivity contribution < 1.29 is 18.9 Å². The fourth-order valence-corrected chi connectivity index (χ4v) is 3.29. The van der Waals surface area contributed by atoms with E-state index in [1.807, 2.05) is 42.5 Å². The first-order valence-corrected chi connectivity index (χ1v) is 7.35. The van der Waals surface area contributed by atoms with Gasteiger partial charge in [0, 0.05) is 21.6 Å². The zero-order chi connectivity index (χ0) is 15.6. The number of fused-ring (bicyclic) bond motifs is 7. The summed E-state index contributed by atoms with van der Waals surface area (Å²) in [5.41, 5.74) is 3.07. The maximum Gasteiger partial charge on any atom is 0.492 e. The molecule has 23 heavy (non-hydrogen) atoms. The van der Waals surface area contributed by atoms with Gasteiger partial charge in [0.25, 0.3) is 0 Å². The summed E-state index contributed by atoms with van der Waals surface area (Å²) in [7, 11) is -1.58. The van der Waals surface area contributed by atoms with Crippen molar-refractivity contribution in [3.8, 4) is 0 Å². The fraction of sp³-hybridized carbons (Fsp3) is 0. The minimum Gasteiger partial charge on any atom is -0.456 e. The lowest BCUT2D eigenvalue weighted by atomic mass is 9.79. The third-order valence-corrected chi connectivity index (χ3v) is 4.31. The predicted octanol–water partition coefficient (Wildman–Crippen LogP) is 3.17. The number of hydrogen-bond donors (Lipinski definition) is 2. The lowest BCUT2D eigenvalue weighted by Crippen LogP contribution is -2.29. The van der Waals surface area contributed by atoms with Crippen LogP contribution in [-0.2, 0) is 0 Å². The third kappa shape index (κ3) is 1.63.